The number of ether oxygens (including phenoxy) is 1. The number of hydrogen-bond donors (Lipinski definition) is 1. The smallest absolute Gasteiger partial charge is 0.121 e. The van der Waals surface area contributed by atoms with Gasteiger partial charge in [0, 0.05) is 38.7 Å². The molecule has 21 heavy (non-hydrogen) atoms. The lowest BCUT2D eigenvalue weighted by Crippen LogP contribution is -2.45. The van der Waals surface area contributed by atoms with Gasteiger partial charge >= 0.3 is 0 Å². The number of anilines is 2. The van der Waals surface area contributed by atoms with Crippen molar-refractivity contribution < 1.29 is 4.74 Å². The number of rotatable bonds is 4. The highest BCUT2D eigenvalue weighted by Gasteiger charge is 2.41. The van der Waals surface area contributed by atoms with E-state index in [0.717, 1.165) is 25.3 Å². The molecule has 1 aliphatic heterocycles. The molecule has 1 saturated carbocycles. The molecule has 116 valence electrons. The normalized spacial score (nSPS) is 20.0. The molecule has 0 amide bonds. The van der Waals surface area contributed by atoms with Gasteiger partial charge in [0.25, 0.3) is 0 Å². The van der Waals surface area contributed by atoms with Crippen LogP contribution in [0, 0.1) is 5.41 Å². The standard InChI is InChI=1S/C17H27N3O/c1-19-12-17(7-3-8-17)13-20(2)16-11-14(5-6-15(16)19)21-10-4-9-18/h5-6,11H,3-4,7-10,12-13,18H2,1-2H3. The fourth-order valence-electron chi connectivity index (χ4n) is 3.71. The number of benzene rings is 1. The van der Waals surface area contributed by atoms with Crippen LogP contribution >= 0.6 is 0 Å². The van der Waals surface area contributed by atoms with Gasteiger partial charge in [-0.15, -0.1) is 0 Å². The van der Waals surface area contributed by atoms with Crippen molar-refractivity contribution in [1.82, 2.24) is 0 Å². The van der Waals surface area contributed by atoms with Crippen LogP contribution < -0.4 is 20.3 Å². The molecule has 1 aromatic rings. The molecule has 2 aliphatic rings. The Labute approximate surface area is 127 Å². The summed E-state index contributed by atoms with van der Waals surface area (Å²) in [5, 5.41) is 0. The first kappa shape index (κ1) is 14.5. The summed E-state index contributed by atoms with van der Waals surface area (Å²) >= 11 is 0. The highest BCUT2D eigenvalue weighted by molar-refractivity contribution is 5.74. The minimum atomic E-state index is 0.489. The average Bonchev–Trinajstić information content (AvgIpc) is 2.55. The van der Waals surface area contributed by atoms with Crippen molar-refractivity contribution in [1.29, 1.82) is 0 Å². The van der Waals surface area contributed by atoms with Crippen molar-refractivity contribution in [3.8, 4) is 5.75 Å². The van der Waals surface area contributed by atoms with E-state index in [-0.39, 0.29) is 0 Å². The summed E-state index contributed by atoms with van der Waals surface area (Å²) in [7, 11) is 4.43. The lowest BCUT2D eigenvalue weighted by atomic mass is 9.68. The minimum Gasteiger partial charge on any atom is -0.493 e. The van der Waals surface area contributed by atoms with Crippen molar-refractivity contribution in [2.24, 2.45) is 11.1 Å². The molecule has 1 spiro atoms. The summed E-state index contributed by atoms with van der Waals surface area (Å²) in [6.07, 6.45) is 4.99. The van der Waals surface area contributed by atoms with Gasteiger partial charge in [0.2, 0.25) is 0 Å². The Morgan fingerprint density at radius 3 is 2.48 bits per heavy atom. The molecule has 0 atom stereocenters. The summed E-state index contributed by atoms with van der Waals surface area (Å²) in [6.45, 7) is 3.68. The SMILES string of the molecule is CN1CC2(CCC2)CN(C)c2cc(OCCCN)ccc21. The summed E-state index contributed by atoms with van der Waals surface area (Å²) in [5.74, 6) is 0.951. The molecule has 4 nitrogen and oxygen atoms in total. The highest BCUT2D eigenvalue weighted by Crippen LogP contribution is 2.47. The van der Waals surface area contributed by atoms with Crippen LogP contribution in [0.4, 0.5) is 11.4 Å². The lowest BCUT2D eigenvalue weighted by Gasteiger charge is -2.44. The van der Waals surface area contributed by atoms with E-state index in [1.54, 1.807) is 0 Å². The zero-order chi connectivity index (χ0) is 14.9. The van der Waals surface area contributed by atoms with Crippen LogP contribution in [0.1, 0.15) is 25.7 Å². The predicted molar refractivity (Wildman–Crippen MR) is 88.4 cm³/mol. The van der Waals surface area contributed by atoms with Crippen LogP contribution in [0.15, 0.2) is 18.2 Å². The van der Waals surface area contributed by atoms with Crippen molar-refractivity contribution in [2.45, 2.75) is 25.7 Å². The van der Waals surface area contributed by atoms with E-state index in [9.17, 15) is 0 Å². The zero-order valence-corrected chi connectivity index (χ0v) is 13.3. The number of fused-ring (bicyclic) bond motifs is 1. The van der Waals surface area contributed by atoms with Crippen LogP contribution in [-0.4, -0.2) is 40.3 Å². The van der Waals surface area contributed by atoms with E-state index in [2.05, 4.69) is 42.1 Å². The molecule has 4 heteroatoms. The first-order chi connectivity index (χ1) is 10.1. The van der Waals surface area contributed by atoms with Gasteiger partial charge in [0.1, 0.15) is 5.75 Å². The van der Waals surface area contributed by atoms with Gasteiger partial charge in [-0.05, 0) is 37.9 Å². The molecular formula is C17H27N3O. The van der Waals surface area contributed by atoms with Crippen molar-refractivity contribution in [3.05, 3.63) is 18.2 Å². The van der Waals surface area contributed by atoms with Gasteiger partial charge in [-0.2, -0.15) is 0 Å². The predicted octanol–water partition coefficient (Wildman–Crippen LogP) is 2.47. The molecule has 1 aromatic carbocycles. The van der Waals surface area contributed by atoms with E-state index in [4.69, 9.17) is 10.5 Å². The molecule has 0 radical (unpaired) electrons. The molecule has 1 heterocycles. The van der Waals surface area contributed by atoms with E-state index >= 15 is 0 Å². The van der Waals surface area contributed by atoms with Gasteiger partial charge in [-0.1, -0.05) is 6.42 Å². The molecule has 2 N–H and O–H groups in total. The molecule has 3 rings (SSSR count). The second-order valence-corrected chi connectivity index (χ2v) is 6.71. The van der Waals surface area contributed by atoms with E-state index < -0.39 is 0 Å². The summed E-state index contributed by atoms with van der Waals surface area (Å²) < 4.78 is 5.80. The molecule has 0 bridgehead atoms. The lowest BCUT2D eigenvalue weighted by molar-refractivity contribution is 0.154. The Balaban J connectivity index is 1.82. The molecule has 1 fully saturated rings. The first-order valence-corrected chi connectivity index (χ1v) is 8.03. The number of nitrogens with zero attached hydrogens (tertiary/aromatic N) is 2. The third-order valence-corrected chi connectivity index (χ3v) is 4.95. The fraction of sp³-hybridized carbons (Fsp3) is 0.647. The molecular weight excluding hydrogens is 262 g/mol. The highest BCUT2D eigenvalue weighted by atomic mass is 16.5. The third-order valence-electron chi connectivity index (χ3n) is 4.95. The Hall–Kier alpha value is -1.42. The Morgan fingerprint density at radius 2 is 1.86 bits per heavy atom. The van der Waals surface area contributed by atoms with E-state index in [1.807, 2.05) is 0 Å². The Morgan fingerprint density at radius 1 is 1.14 bits per heavy atom. The van der Waals surface area contributed by atoms with Crippen molar-refractivity contribution in [3.63, 3.8) is 0 Å². The van der Waals surface area contributed by atoms with Crippen LogP contribution in [0.3, 0.4) is 0 Å². The summed E-state index contributed by atoms with van der Waals surface area (Å²) in [5.41, 5.74) is 8.61. The second-order valence-electron chi connectivity index (χ2n) is 6.71. The van der Waals surface area contributed by atoms with E-state index in [1.165, 1.54) is 30.6 Å². The maximum atomic E-state index is 5.80. The monoisotopic (exact) mass is 289 g/mol. The maximum absolute atomic E-state index is 5.80. The van der Waals surface area contributed by atoms with E-state index in [0.29, 0.717) is 18.6 Å². The Bertz CT molecular complexity index is 499. The molecule has 0 saturated heterocycles. The van der Waals surface area contributed by atoms with Crippen LogP contribution in [0.5, 0.6) is 5.75 Å². The second kappa shape index (κ2) is 5.76. The van der Waals surface area contributed by atoms with Crippen LogP contribution in [0.25, 0.3) is 0 Å². The minimum absolute atomic E-state index is 0.489. The summed E-state index contributed by atoms with van der Waals surface area (Å²) in [4.78, 5) is 4.83. The largest absolute Gasteiger partial charge is 0.493 e. The topological polar surface area (TPSA) is 41.7 Å². The first-order valence-electron chi connectivity index (χ1n) is 8.03. The number of nitrogens with two attached hydrogens (primary N) is 1. The number of hydrogen-bond acceptors (Lipinski definition) is 4. The molecule has 1 aliphatic carbocycles. The van der Waals surface area contributed by atoms with Crippen molar-refractivity contribution >= 4 is 11.4 Å². The van der Waals surface area contributed by atoms with Gasteiger partial charge in [0.15, 0.2) is 0 Å². The van der Waals surface area contributed by atoms with Crippen LogP contribution in [0.2, 0.25) is 0 Å². The van der Waals surface area contributed by atoms with Crippen molar-refractivity contribution in [2.75, 3.05) is 50.1 Å². The molecule has 0 aromatic heterocycles. The van der Waals surface area contributed by atoms with Gasteiger partial charge in [0.05, 0.1) is 18.0 Å². The summed E-state index contributed by atoms with van der Waals surface area (Å²) in [6, 6.07) is 6.46. The zero-order valence-electron chi connectivity index (χ0n) is 13.3. The molecule has 0 unspecified atom stereocenters. The van der Waals surface area contributed by atoms with Gasteiger partial charge < -0.3 is 20.3 Å². The third kappa shape index (κ3) is 2.82. The fourth-order valence-corrected chi connectivity index (χ4v) is 3.71. The quantitative estimate of drug-likeness (QED) is 0.865. The van der Waals surface area contributed by atoms with Crippen LogP contribution in [-0.2, 0) is 0 Å². The average molecular weight is 289 g/mol. The maximum Gasteiger partial charge on any atom is 0.121 e. The van der Waals surface area contributed by atoms with Gasteiger partial charge in [-0.25, -0.2) is 0 Å². The Kier molecular flexibility index (Phi) is 3.98. The van der Waals surface area contributed by atoms with Gasteiger partial charge in [-0.3, -0.25) is 0 Å².